The molecule has 0 saturated carbocycles. The molecule has 1 heterocycles. The van der Waals surface area contributed by atoms with E-state index in [1.54, 1.807) is 13.3 Å². The lowest BCUT2D eigenvalue weighted by molar-refractivity contribution is 0.145. The van der Waals surface area contributed by atoms with Crippen LogP contribution >= 0.6 is 24.0 Å². The van der Waals surface area contributed by atoms with E-state index in [0.717, 1.165) is 56.5 Å². The van der Waals surface area contributed by atoms with E-state index in [9.17, 15) is 0 Å². The minimum absolute atomic E-state index is 0. The molecule has 0 atom stereocenters. The molecule has 0 aliphatic rings. The van der Waals surface area contributed by atoms with Crippen molar-refractivity contribution in [2.75, 3.05) is 33.4 Å². The second-order valence-electron chi connectivity index (χ2n) is 5.69. The molecule has 2 N–H and O–H groups in total. The van der Waals surface area contributed by atoms with Crippen LogP contribution < -0.4 is 15.4 Å². The topological polar surface area (TPSA) is 72.7 Å². The van der Waals surface area contributed by atoms with Crippen molar-refractivity contribution in [1.29, 1.82) is 0 Å². The number of ether oxygens (including phenoxy) is 2. The summed E-state index contributed by atoms with van der Waals surface area (Å²) in [7, 11) is 1.67. The second-order valence-corrected chi connectivity index (χ2v) is 5.69. The van der Waals surface area contributed by atoms with E-state index >= 15 is 0 Å². The average Bonchev–Trinajstić information content (AvgIpc) is 3.19. The molecule has 2 rings (SSSR count). The minimum atomic E-state index is 0. The van der Waals surface area contributed by atoms with Gasteiger partial charge >= 0.3 is 0 Å². The maximum atomic E-state index is 5.37. The number of nitrogens with one attached hydrogen (secondary N) is 2. The Morgan fingerprint density at radius 1 is 1.19 bits per heavy atom. The fourth-order valence-corrected chi connectivity index (χ4v) is 2.32. The van der Waals surface area contributed by atoms with E-state index < -0.39 is 0 Å². The maximum Gasteiger partial charge on any atom is 0.191 e. The van der Waals surface area contributed by atoms with Crippen molar-refractivity contribution >= 4 is 29.9 Å². The van der Waals surface area contributed by atoms with Gasteiger partial charge < -0.3 is 20.1 Å². The number of methoxy groups -OCH3 is 1. The summed E-state index contributed by atoms with van der Waals surface area (Å²) in [5.74, 6) is 1.65. The van der Waals surface area contributed by atoms with Crippen molar-refractivity contribution < 1.29 is 9.47 Å². The molecule has 0 aliphatic carbocycles. The summed E-state index contributed by atoms with van der Waals surface area (Å²) >= 11 is 0. The zero-order chi connectivity index (χ0) is 18.5. The third-order valence-electron chi connectivity index (χ3n) is 3.73. The van der Waals surface area contributed by atoms with Crippen molar-refractivity contribution in [2.45, 2.75) is 26.4 Å². The van der Waals surface area contributed by atoms with Crippen LogP contribution in [0.3, 0.4) is 0 Å². The lowest BCUT2D eigenvalue weighted by Crippen LogP contribution is -2.39. The molecule has 0 spiro atoms. The predicted molar refractivity (Wildman–Crippen MR) is 119 cm³/mol. The smallest absolute Gasteiger partial charge is 0.191 e. The first kappa shape index (κ1) is 23.2. The van der Waals surface area contributed by atoms with E-state index in [1.807, 2.05) is 48.1 Å². The first-order valence-electron chi connectivity index (χ1n) is 9.02. The van der Waals surface area contributed by atoms with Crippen molar-refractivity contribution in [2.24, 2.45) is 4.99 Å². The zero-order valence-corrected chi connectivity index (χ0v) is 18.4. The van der Waals surface area contributed by atoms with Gasteiger partial charge in [0, 0.05) is 38.7 Å². The van der Waals surface area contributed by atoms with Crippen LogP contribution in [0.1, 0.15) is 18.9 Å². The molecule has 150 valence electrons. The molecule has 8 heteroatoms. The van der Waals surface area contributed by atoms with Gasteiger partial charge in [-0.1, -0.05) is 12.1 Å². The van der Waals surface area contributed by atoms with Crippen LogP contribution in [0.15, 0.2) is 47.7 Å². The quantitative estimate of drug-likeness (QED) is 0.221. The average molecular weight is 487 g/mol. The molecular weight excluding hydrogens is 457 g/mol. The van der Waals surface area contributed by atoms with Gasteiger partial charge in [-0.15, -0.1) is 24.0 Å². The molecular formula is C19H30IN5O2. The van der Waals surface area contributed by atoms with Gasteiger partial charge in [0.05, 0.1) is 20.2 Å². The van der Waals surface area contributed by atoms with E-state index in [0.29, 0.717) is 6.54 Å². The van der Waals surface area contributed by atoms with Gasteiger partial charge in [-0.25, -0.2) is 4.99 Å². The van der Waals surface area contributed by atoms with Gasteiger partial charge in [-0.2, -0.15) is 5.10 Å². The molecule has 27 heavy (non-hydrogen) atoms. The third kappa shape index (κ3) is 9.62. The summed E-state index contributed by atoms with van der Waals surface area (Å²) in [6, 6.07) is 9.87. The molecule has 0 bridgehead atoms. The Balaban J connectivity index is 0.00000364. The van der Waals surface area contributed by atoms with Crippen molar-refractivity contribution in [3.63, 3.8) is 0 Å². The molecule has 0 radical (unpaired) electrons. The van der Waals surface area contributed by atoms with Gasteiger partial charge in [-0.3, -0.25) is 4.68 Å². The van der Waals surface area contributed by atoms with E-state index in [4.69, 9.17) is 9.47 Å². The molecule has 7 nitrogen and oxygen atoms in total. The van der Waals surface area contributed by atoms with Gasteiger partial charge in [0.15, 0.2) is 5.96 Å². The fraction of sp³-hybridized carbons (Fsp3) is 0.474. The number of rotatable bonds is 11. The summed E-state index contributed by atoms with van der Waals surface area (Å²) in [4.78, 5) is 4.67. The number of aromatic nitrogens is 2. The maximum absolute atomic E-state index is 5.37. The highest BCUT2D eigenvalue weighted by atomic mass is 127. The Labute approximate surface area is 178 Å². The zero-order valence-electron chi connectivity index (χ0n) is 16.1. The van der Waals surface area contributed by atoms with Gasteiger partial charge in [0.1, 0.15) is 5.75 Å². The molecule has 1 aromatic carbocycles. The number of nitrogens with zero attached hydrogens (tertiary/aromatic N) is 3. The normalized spacial score (nSPS) is 11.0. The van der Waals surface area contributed by atoms with Gasteiger partial charge in [0.25, 0.3) is 0 Å². The Morgan fingerprint density at radius 3 is 2.63 bits per heavy atom. The highest BCUT2D eigenvalue weighted by molar-refractivity contribution is 14.0. The number of hydrogen-bond acceptors (Lipinski definition) is 4. The standard InChI is InChI=1S/C19H29N5O2.HI/c1-3-26-15-5-10-20-19(21-12-14-24-13-4-11-23-24)22-16-17-6-8-18(25-2)9-7-17;/h4,6-9,11,13H,3,5,10,12,14-16H2,1-2H3,(H2,20,21,22);1H. The Hall–Kier alpha value is -1.81. The lowest BCUT2D eigenvalue weighted by atomic mass is 10.2. The SMILES string of the molecule is CCOCCCNC(=NCc1ccc(OC)cc1)NCCn1cccn1.I. The van der Waals surface area contributed by atoms with Crippen LogP contribution in [-0.4, -0.2) is 49.2 Å². The molecule has 0 unspecified atom stereocenters. The first-order valence-corrected chi connectivity index (χ1v) is 9.02. The van der Waals surface area contributed by atoms with Crippen LogP contribution in [-0.2, 0) is 17.8 Å². The Bertz CT molecular complexity index is 632. The molecule has 2 aromatic rings. The summed E-state index contributed by atoms with van der Waals surface area (Å²) in [6.07, 6.45) is 4.67. The number of hydrogen-bond donors (Lipinski definition) is 2. The lowest BCUT2D eigenvalue weighted by Gasteiger charge is -2.13. The van der Waals surface area contributed by atoms with Crippen LogP contribution in [0, 0.1) is 0 Å². The third-order valence-corrected chi connectivity index (χ3v) is 3.73. The van der Waals surface area contributed by atoms with E-state index in [2.05, 4.69) is 20.7 Å². The van der Waals surface area contributed by atoms with Gasteiger partial charge in [0.2, 0.25) is 0 Å². The Kier molecular flexibility index (Phi) is 12.3. The van der Waals surface area contributed by atoms with Crippen LogP contribution in [0.5, 0.6) is 5.75 Å². The summed E-state index contributed by atoms with van der Waals surface area (Å²) in [6.45, 7) is 6.47. The largest absolute Gasteiger partial charge is 0.497 e. The first-order chi connectivity index (χ1) is 12.8. The number of benzene rings is 1. The highest BCUT2D eigenvalue weighted by Crippen LogP contribution is 2.11. The van der Waals surface area contributed by atoms with Crippen LogP contribution in [0.2, 0.25) is 0 Å². The monoisotopic (exact) mass is 487 g/mol. The number of aliphatic imine (C=N–C) groups is 1. The molecule has 0 amide bonds. The highest BCUT2D eigenvalue weighted by Gasteiger charge is 2.00. The minimum Gasteiger partial charge on any atom is -0.497 e. The molecule has 0 saturated heterocycles. The van der Waals surface area contributed by atoms with Crippen LogP contribution in [0.25, 0.3) is 0 Å². The summed E-state index contributed by atoms with van der Waals surface area (Å²) in [5.41, 5.74) is 1.13. The van der Waals surface area contributed by atoms with Crippen LogP contribution in [0.4, 0.5) is 0 Å². The predicted octanol–water partition coefficient (Wildman–Crippen LogP) is 2.67. The molecule has 0 aliphatic heterocycles. The summed E-state index contributed by atoms with van der Waals surface area (Å²) in [5, 5.41) is 10.9. The Morgan fingerprint density at radius 2 is 1.96 bits per heavy atom. The van der Waals surface area contributed by atoms with Crippen molar-refractivity contribution in [1.82, 2.24) is 20.4 Å². The molecule has 0 fully saturated rings. The number of halogens is 1. The second kappa shape index (κ2) is 14.3. The van der Waals surface area contributed by atoms with E-state index in [1.165, 1.54) is 0 Å². The number of guanidine groups is 1. The van der Waals surface area contributed by atoms with Crippen molar-refractivity contribution in [3.8, 4) is 5.75 Å². The summed E-state index contributed by atoms with van der Waals surface area (Å²) < 4.78 is 12.5. The fourth-order valence-electron chi connectivity index (χ4n) is 2.32. The van der Waals surface area contributed by atoms with Crippen molar-refractivity contribution in [3.05, 3.63) is 48.3 Å². The van der Waals surface area contributed by atoms with Gasteiger partial charge in [-0.05, 0) is 37.1 Å². The van der Waals surface area contributed by atoms with E-state index in [-0.39, 0.29) is 24.0 Å². The molecule has 1 aromatic heterocycles.